The average molecular weight is 457 g/mol. The van der Waals surface area contributed by atoms with Crippen molar-refractivity contribution < 1.29 is 4.74 Å². The predicted molar refractivity (Wildman–Crippen MR) is 107 cm³/mol. The number of hydrogen-bond acceptors (Lipinski definition) is 4. The Morgan fingerprint density at radius 2 is 1.85 bits per heavy atom. The highest BCUT2D eigenvalue weighted by Crippen LogP contribution is 2.22. The molecule has 130 valence electrons. The molecule has 2 heterocycles. The minimum Gasteiger partial charge on any atom is -0.497 e. The van der Waals surface area contributed by atoms with Crippen molar-refractivity contribution in [3.63, 3.8) is 0 Å². The van der Waals surface area contributed by atoms with E-state index in [9.17, 15) is 0 Å². The molecule has 0 fully saturated rings. The van der Waals surface area contributed by atoms with E-state index in [4.69, 9.17) is 14.8 Å². The molecule has 0 amide bonds. The number of hydrogen-bond donors (Lipinski definition) is 1. The molecular weight excluding hydrogens is 441 g/mol. The van der Waals surface area contributed by atoms with Crippen LogP contribution in [-0.4, -0.2) is 32.1 Å². The van der Waals surface area contributed by atoms with Crippen molar-refractivity contribution in [1.29, 1.82) is 0 Å². The maximum absolute atomic E-state index is 5.23. The van der Waals surface area contributed by atoms with Crippen molar-refractivity contribution in [2.45, 2.75) is 6.42 Å². The lowest BCUT2D eigenvalue weighted by atomic mass is 10.2. The summed E-state index contributed by atoms with van der Waals surface area (Å²) >= 11 is 2.29. The summed E-state index contributed by atoms with van der Waals surface area (Å²) < 4.78 is 8.30. The summed E-state index contributed by atoms with van der Waals surface area (Å²) in [4.78, 5) is 4.78. The van der Waals surface area contributed by atoms with Crippen LogP contribution in [0.5, 0.6) is 5.75 Å². The van der Waals surface area contributed by atoms with Crippen molar-refractivity contribution in [3.8, 4) is 22.8 Å². The highest BCUT2D eigenvalue weighted by atomic mass is 127. The quantitative estimate of drug-likeness (QED) is 0.463. The van der Waals surface area contributed by atoms with Crippen molar-refractivity contribution in [2.75, 3.05) is 7.11 Å². The average Bonchev–Trinajstić information content (AvgIpc) is 3.33. The first-order chi connectivity index (χ1) is 12.7. The third kappa shape index (κ3) is 3.48. The lowest BCUT2D eigenvalue weighted by Crippen LogP contribution is -2.03. The van der Waals surface area contributed by atoms with Crippen molar-refractivity contribution in [3.05, 3.63) is 75.9 Å². The Hall–Kier alpha value is -2.68. The number of H-pyrrole nitrogens is 1. The number of aromatic amines is 1. The van der Waals surface area contributed by atoms with Crippen LogP contribution in [0.1, 0.15) is 11.4 Å². The Kier molecular flexibility index (Phi) is 4.70. The molecule has 26 heavy (non-hydrogen) atoms. The molecule has 0 aliphatic carbocycles. The minimum absolute atomic E-state index is 0.644. The van der Waals surface area contributed by atoms with Crippen molar-refractivity contribution in [2.24, 2.45) is 0 Å². The van der Waals surface area contributed by atoms with Crippen LogP contribution in [0.25, 0.3) is 17.1 Å². The Balaban J connectivity index is 1.77. The van der Waals surface area contributed by atoms with Crippen LogP contribution in [0, 0.1) is 3.57 Å². The van der Waals surface area contributed by atoms with E-state index in [1.165, 1.54) is 3.57 Å². The van der Waals surface area contributed by atoms with Crippen LogP contribution < -0.4 is 4.74 Å². The van der Waals surface area contributed by atoms with E-state index in [0.29, 0.717) is 12.2 Å². The van der Waals surface area contributed by atoms with Gasteiger partial charge in [0.25, 0.3) is 0 Å². The van der Waals surface area contributed by atoms with E-state index in [1.54, 1.807) is 13.3 Å². The third-order valence-corrected chi connectivity index (χ3v) is 4.73. The maximum Gasteiger partial charge on any atom is 0.181 e. The number of aromatic nitrogens is 5. The predicted octanol–water partition coefficient (Wildman–Crippen LogP) is 3.86. The Morgan fingerprint density at radius 3 is 2.50 bits per heavy atom. The van der Waals surface area contributed by atoms with Crippen LogP contribution in [0.4, 0.5) is 0 Å². The molecule has 7 heteroatoms. The van der Waals surface area contributed by atoms with Crippen LogP contribution in [0.2, 0.25) is 0 Å². The number of nitrogens with zero attached hydrogens (tertiary/aromatic N) is 4. The standard InChI is InChI=1S/C19H16IN5O/c1-26-17-8-2-14(3-9-17)19-23-18(10-13-11-21-22-12-13)25(24-19)16-6-4-15(20)5-7-16/h2-9,11-12H,10H2,1H3,(H,21,22). The van der Waals surface area contributed by atoms with Crippen molar-refractivity contribution >= 4 is 22.6 Å². The third-order valence-electron chi connectivity index (χ3n) is 4.01. The van der Waals surface area contributed by atoms with Gasteiger partial charge in [0.05, 0.1) is 19.0 Å². The molecule has 0 radical (unpaired) electrons. The molecule has 4 aromatic rings. The Labute approximate surface area is 164 Å². The number of benzene rings is 2. The molecule has 0 saturated carbocycles. The molecule has 0 bridgehead atoms. The second-order valence-electron chi connectivity index (χ2n) is 5.75. The first kappa shape index (κ1) is 16.8. The second-order valence-corrected chi connectivity index (χ2v) is 7.00. The number of nitrogens with one attached hydrogen (secondary N) is 1. The second kappa shape index (κ2) is 7.28. The van der Waals surface area contributed by atoms with E-state index in [0.717, 1.165) is 28.4 Å². The van der Waals surface area contributed by atoms with Gasteiger partial charge in [0.15, 0.2) is 5.82 Å². The molecule has 1 N–H and O–H groups in total. The number of methoxy groups -OCH3 is 1. The number of rotatable bonds is 5. The molecule has 6 nitrogen and oxygen atoms in total. The van der Waals surface area contributed by atoms with E-state index in [1.807, 2.05) is 47.3 Å². The summed E-state index contributed by atoms with van der Waals surface area (Å²) in [6, 6.07) is 16.0. The van der Waals surface area contributed by atoms with E-state index < -0.39 is 0 Å². The molecule has 0 aliphatic rings. The summed E-state index contributed by atoms with van der Waals surface area (Å²) in [6.45, 7) is 0. The van der Waals surface area contributed by atoms with Crippen LogP contribution in [0.15, 0.2) is 60.9 Å². The number of halogens is 1. The van der Waals surface area contributed by atoms with E-state index in [2.05, 4.69) is 44.9 Å². The molecule has 0 spiro atoms. The van der Waals surface area contributed by atoms with Crippen molar-refractivity contribution in [1.82, 2.24) is 25.0 Å². The van der Waals surface area contributed by atoms with Gasteiger partial charge in [-0.3, -0.25) is 5.10 Å². The molecule has 2 aromatic carbocycles. The molecule has 0 aliphatic heterocycles. The zero-order valence-electron chi connectivity index (χ0n) is 14.1. The highest BCUT2D eigenvalue weighted by molar-refractivity contribution is 14.1. The van der Waals surface area contributed by atoms with Gasteiger partial charge in [0.1, 0.15) is 11.6 Å². The normalized spacial score (nSPS) is 10.8. The van der Waals surface area contributed by atoms with Crippen LogP contribution in [-0.2, 0) is 6.42 Å². The number of ether oxygens (including phenoxy) is 1. The summed E-state index contributed by atoms with van der Waals surface area (Å²) in [5.41, 5.74) is 2.99. The first-order valence-electron chi connectivity index (χ1n) is 8.07. The smallest absolute Gasteiger partial charge is 0.181 e. The van der Waals surface area contributed by atoms with E-state index >= 15 is 0 Å². The molecule has 0 unspecified atom stereocenters. The zero-order chi connectivity index (χ0) is 17.9. The lowest BCUT2D eigenvalue weighted by Gasteiger charge is -2.05. The lowest BCUT2D eigenvalue weighted by molar-refractivity contribution is 0.415. The van der Waals surface area contributed by atoms with Crippen LogP contribution >= 0.6 is 22.6 Å². The summed E-state index contributed by atoms with van der Waals surface area (Å²) in [7, 11) is 1.65. The summed E-state index contributed by atoms with van der Waals surface area (Å²) in [5, 5.41) is 11.6. The largest absolute Gasteiger partial charge is 0.497 e. The minimum atomic E-state index is 0.644. The van der Waals surface area contributed by atoms with Gasteiger partial charge in [-0.15, -0.1) is 5.10 Å². The van der Waals surface area contributed by atoms with Gasteiger partial charge in [-0.25, -0.2) is 9.67 Å². The fraction of sp³-hybridized carbons (Fsp3) is 0.105. The van der Waals surface area contributed by atoms with Gasteiger partial charge < -0.3 is 4.74 Å². The monoisotopic (exact) mass is 457 g/mol. The highest BCUT2D eigenvalue weighted by Gasteiger charge is 2.14. The maximum atomic E-state index is 5.23. The molecular formula is C19H16IN5O. The van der Waals surface area contributed by atoms with Gasteiger partial charge in [0, 0.05) is 21.8 Å². The van der Waals surface area contributed by atoms with Gasteiger partial charge in [-0.2, -0.15) is 5.10 Å². The van der Waals surface area contributed by atoms with Gasteiger partial charge in [-0.1, -0.05) is 0 Å². The fourth-order valence-corrected chi connectivity index (χ4v) is 3.03. The summed E-state index contributed by atoms with van der Waals surface area (Å²) in [6.07, 6.45) is 4.33. The molecule has 4 rings (SSSR count). The zero-order valence-corrected chi connectivity index (χ0v) is 16.2. The first-order valence-corrected chi connectivity index (χ1v) is 9.15. The molecule has 2 aromatic heterocycles. The Morgan fingerprint density at radius 1 is 1.08 bits per heavy atom. The Bertz CT molecular complexity index is 992. The van der Waals surface area contributed by atoms with Gasteiger partial charge >= 0.3 is 0 Å². The van der Waals surface area contributed by atoms with Gasteiger partial charge in [0.2, 0.25) is 0 Å². The SMILES string of the molecule is COc1ccc(-c2nc(Cc3cn[nH]c3)n(-c3ccc(I)cc3)n2)cc1. The molecule has 0 saturated heterocycles. The van der Waals surface area contributed by atoms with E-state index in [-0.39, 0.29) is 0 Å². The van der Waals surface area contributed by atoms with Crippen LogP contribution in [0.3, 0.4) is 0 Å². The summed E-state index contributed by atoms with van der Waals surface area (Å²) in [5.74, 6) is 2.35. The topological polar surface area (TPSA) is 68.6 Å². The fourth-order valence-electron chi connectivity index (χ4n) is 2.67. The van der Waals surface area contributed by atoms with Gasteiger partial charge in [-0.05, 0) is 76.7 Å². The molecule has 0 atom stereocenters.